The summed E-state index contributed by atoms with van der Waals surface area (Å²) >= 11 is 12.6. The van der Waals surface area contributed by atoms with Crippen molar-refractivity contribution in [3.8, 4) is 28.4 Å². The first-order valence-electron chi connectivity index (χ1n) is 8.70. The second-order valence-electron chi connectivity index (χ2n) is 6.33. The van der Waals surface area contributed by atoms with E-state index >= 15 is 0 Å². The molecule has 0 unspecified atom stereocenters. The van der Waals surface area contributed by atoms with Gasteiger partial charge in [-0.3, -0.25) is 19.6 Å². The van der Waals surface area contributed by atoms with E-state index in [-0.39, 0.29) is 27.4 Å². The Hall–Kier alpha value is -3.76. The maximum absolute atomic E-state index is 12.2. The first-order valence-corrected chi connectivity index (χ1v) is 9.46. The summed E-state index contributed by atoms with van der Waals surface area (Å²) in [7, 11) is 0. The minimum absolute atomic E-state index is 0.0416. The average Bonchev–Trinajstić information content (AvgIpc) is 2.71. The molecule has 0 aliphatic heterocycles. The zero-order chi connectivity index (χ0) is 22.1. The Morgan fingerprint density at radius 1 is 1.06 bits per heavy atom. The van der Waals surface area contributed by atoms with Gasteiger partial charge in [-0.15, -0.1) is 5.10 Å². The van der Waals surface area contributed by atoms with E-state index < -0.39 is 16.8 Å². The van der Waals surface area contributed by atoms with Crippen LogP contribution in [0.5, 0.6) is 11.6 Å². The van der Waals surface area contributed by atoms with Crippen molar-refractivity contribution in [2.24, 2.45) is 0 Å². The molecule has 0 saturated carbocycles. The largest absolute Gasteiger partial charge is 0.434 e. The highest BCUT2D eigenvalue weighted by molar-refractivity contribution is 6.37. The van der Waals surface area contributed by atoms with Gasteiger partial charge < -0.3 is 4.74 Å². The molecule has 2 N–H and O–H groups in total. The van der Waals surface area contributed by atoms with Gasteiger partial charge in [0.25, 0.3) is 11.1 Å². The van der Waals surface area contributed by atoms with Gasteiger partial charge in [0.15, 0.2) is 5.75 Å². The number of nitrogens with zero attached hydrogens (tertiary/aromatic N) is 4. The highest BCUT2D eigenvalue weighted by Gasteiger charge is 2.15. The zero-order valence-corrected chi connectivity index (χ0v) is 17.2. The molecule has 0 amide bonds. The zero-order valence-electron chi connectivity index (χ0n) is 15.7. The van der Waals surface area contributed by atoms with E-state index in [9.17, 15) is 14.4 Å². The lowest BCUT2D eigenvalue weighted by molar-refractivity contribution is 0.455. The molecule has 4 rings (SSSR count). The van der Waals surface area contributed by atoms with Crippen LogP contribution in [0.2, 0.25) is 10.0 Å². The average molecular weight is 459 g/mol. The van der Waals surface area contributed by atoms with E-state index in [1.165, 1.54) is 18.2 Å². The number of hydrogen-bond donors (Lipinski definition) is 2. The van der Waals surface area contributed by atoms with Crippen molar-refractivity contribution in [2.75, 3.05) is 0 Å². The van der Waals surface area contributed by atoms with Crippen LogP contribution in [0.1, 0.15) is 5.69 Å². The van der Waals surface area contributed by atoms with Gasteiger partial charge in [-0.1, -0.05) is 23.2 Å². The van der Waals surface area contributed by atoms with Gasteiger partial charge in [-0.25, -0.2) is 9.89 Å². The number of nitrogens with one attached hydrogen (secondary N) is 2. The van der Waals surface area contributed by atoms with Crippen LogP contribution in [-0.4, -0.2) is 29.9 Å². The highest BCUT2D eigenvalue weighted by Crippen LogP contribution is 2.37. The third-order valence-electron chi connectivity index (χ3n) is 4.13. The molecular weight excluding hydrogens is 447 g/mol. The van der Waals surface area contributed by atoms with E-state index in [0.29, 0.717) is 11.1 Å². The van der Waals surface area contributed by atoms with Crippen molar-refractivity contribution in [2.45, 2.75) is 6.92 Å². The van der Waals surface area contributed by atoms with Gasteiger partial charge >= 0.3 is 5.69 Å². The predicted molar refractivity (Wildman–Crippen MR) is 113 cm³/mol. The summed E-state index contributed by atoms with van der Waals surface area (Å²) in [5.74, 6) is 0.0981. The molecular formula is C19H12Cl2N6O4. The fourth-order valence-electron chi connectivity index (χ4n) is 2.78. The number of hydrogen-bond acceptors (Lipinski definition) is 7. The molecule has 0 atom stereocenters. The molecule has 31 heavy (non-hydrogen) atoms. The molecule has 3 aromatic heterocycles. The molecule has 12 heteroatoms. The molecule has 156 valence electrons. The first-order chi connectivity index (χ1) is 14.8. The third-order valence-corrected chi connectivity index (χ3v) is 4.70. The number of pyridine rings is 1. The Kier molecular flexibility index (Phi) is 5.40. The molecule has 10 nitrogen and oxygen atoms in total. The summed E-state index contributed by atoms with van der Waals surface area (Å²) in [6.45, 7) is 1.81. The highest BCUT2D eigenvalue weighted by atomic mass is 35.5. The minimum Gasteiger partial charge on any atom is -0.434 e. The molecule has 0 bridgehead atoms. The fraction of sp³-hybridized carbons (Fsp3) is 0.0526. The van der Waals surface area contributed by atoms with Crippen molar-refractivity contribution in [3.63, 3.8) is 0 Å². The van der Waals surface area contributed by atoms with Crippen molar-refractivity contribution >= 4 is 23.2 Å². The molecule has 4 aromatic rings. The third kappa shape index (κ3) is 4.25. The maximum atomic E-state index is 12.2. The summed E-state index contributed by atoms with van der Waals surface area (Å²) in [5.41, 5.74) is 0.111. The van der Waals surface area contributed by atoms with Gasteiger partial charge in [0, 0.05) is 18.0 Å². The van der Waals surface area contributed by atoms with Crippen LogP contribution >= 0.6 is 23.2 Å². The summed E-state index contributed by atoms with van der Waals surface area (Å²) < 4.78 is 6.62. The van der Waals surface area contributed by atoms with Crippen LogP contribution < -0.4 is 21.5 Å². The second-order valence-corrected chi connectivity index (χ2v) is 7.14. The van der Waals surface area contributed by atoms with Gasteiger partial charge in [0.2, 0.25) is 5.88 Å². The molecule has 0 spiro atoms. The molecule has 0 aliphatic carbocycles. The number of benzene rings is 1. The standard InChI is InChI=1S/C19H12Cl2N6O4/c1-9-4-10(2-3-22-9)12-7-16(25-26-18(12)29)31-17-13(20)5-11(6-14(17)21)27-19(30)24-15(28)8-23-27/h2-8H,1H3,(H,26,29)(H,24,28,30). The van der Waals surface area contributed by atoms with Crippen molar-refractivity contribution in [1.29, 1.82) is 0 Å². The van der Waals surface area contributed by atoms with E-state index in [4.69, 9.17) is 27.9 Å². The van der Waals surface area contributed by atoms with E-state index in [1.807, 2.05) is 0 Å². The Labute approximate surface area is 183 Å². The topological polar surface area (TPSA) is 136 Å². The molecule has 1 aromatic carbocycles. The minimum atomic E-state index is -0.757. The fourth-order valence-corrected chi connectivity index (χ4v) is 3.33. The quantitative estimate of drug-likeness (QED) is 0.479. The van der Waals surface area contributed by atoms with E-state index in [0.717, 1.165) is 16.6 Å². The lowest BCUT2D eigenvalue weighted by atomic mass is 10.1. The van der Waals surface area contributed by atoms with Crippen LogP contribution in [-0.2, 0) is 0 Å². The smallest absolute Gasteiger partial charge is 0.349 e. The summed E-state index contributed by atoms with van der Waals surface area (Å²) in [6.07, 6.45) is 2.53. The number of aromatic nitrogens is 6. The van der Waals surface area contributed by atoms with Crippen LogP contribution in [0.15, 0.2) is 57.1 Å². The van der Waals surface area contributed by atoms with E-state index in [1.54, 1.807) is 25.3 Å². The Morgan fingerprint density at radius 3 is 2.48 bits per heavy atom. The van der Waals surface area contributed by atoms with Crippen LogP contribution in [0.4, 0.5) is 0 Å². The lowest BCUT2D eigenvalue weighted by Crippen LogP contribution is -2.30. The molecule has 0 radical (unpaired) electrons. The maximum Gasteiger partial charge on any atom is 0.349 e. The Bertz CT molecular complexity index is 1450. The molecule has 0 fully saturated rings. The SMILES string of the molecule is Cc1cc(-c2cc(Oc3c(Cl)cc(-n4ncc(=O)[nH]c4=O)cc3Cl)n[nH]c2=O)ccn1. The Balaban J connectivity index is 1.72. The second kappa shape index (κ2) is 8.17. The normalized spacial score (nSPS) is 10.8. The number of rotatable bonds is 4. The monoisotopic (exact) mass is 458 g/mol. The summed E-state index contributed by atoms with van der Waals surface area (Å²) in [6, 6.07) is 7.65. The number of halogens is 2. The van der Waals surface area contributed by atoms with Crippen LogP contribution in [0.25, 0.3) is 16.8 Å². The molecule has 0 aliphatic rings. The number of ether oxygens (including phenoxy) is 1. The van der Waals surface area contributed by atoms with Gasteiger partial charge in [-0.05, 0) is 36.8 Å². The van der Waals surface area contributed by atoms with Crippen LogP contribution in [0, 0.1) is 6.92 Å². The van der Waals surface area contributed by atoms with Crippen molar-refractivity contribution < 1.29 is 4.74 Å². The number of aryl methyl sites for hydroxylation is 1. The van der Waals surface area contributed by atoms with Gasteiger partial charge in [0.1, 0.15) is 6.20 Å². The number of aromatic amines is 2. The first kappa shape index (κ1) is 20.5. The predicted octanol–water partition coefficient (Wildman–Crippen LogP) is 2.47. The van der Waals surface area contributed by atoms with Gasteiger partial charge in [0.05, 0.1) is 21.3 Å². The van der Waals surface area contributed by atoms with Gasteiger partial charge in [-0.2, -0.15) is 9.78 Å². The summed E-state index contributed by atoms with van der Waals surface area (Å²) in [4.78, 5) is 41.6. The Morgan fingerprint density at radius 2 is 1.81 bits per heavy atom. The van der Waals surface area contributed by atoms with Crippen molar-refractivity contribution in [1.82, 2.24) is 29.9 Å². The van der Waals surface area contributed by atoms with Crippen molar-refractivity contribution in [3.05, 3.63) is 89.7 Å². The molecule has 0 saturated heterocycles. The number of H-pyrrole nitrogens is 2. The van der Waals surface area contributed by atoms with E-state index in [2.05, 4.69) is 25.3 Å². The summed E-state index contributed by atoms with van der Waals surface area (Å²) in [5, 5.41) is 10.1. The lowest BCUT2D eigenvalue weighted by Gasteiger charge is -2.12. The van der Waals surface area contributed by atoms with Crippen LogP contribution in [0.3, 0.4) is 0 Å². The molecule has 3 heterocycles.